The zero-order valence-corrected chi connectivity index (χ0v) is 35.9. The van der Waals surface area contributed by atoms with E-state index in [1.165, 1.54) is 0 Å². The van der Waals surface area contributed by atoms with E-state index >= 15 is 0 Å². The molecule has 3 N–H and O–H groups in total. The number of hydrogen-bond acceptors (Lipinski definition) is 17. The van der Waals surface area contributed by atoms with Gasteiger partial charge in [-0.2, -0.15) is 11.8 Å². The number of carboxylic acids is 1. The number of carboxylic acid groups (broad SMARTS) is 1. The van der Waals surface area contributed by atoms with Crippen molar-refractivity contribution in [2.24, 2.45) is 5.92 Å². The summed E-state index contributed by atoms with van der Waals surface area (Å²) in [6, 6.07) is 0. The molecule has 0 aromatic carbocycles. The summed E-state index contributed by atoms with van der Waals surface area (Å²) < 4.78 is 65.4. The maximum atomic E-state index is 11.9. The van der Waals surface area contributed by atoms with E-state index in [0.717, 1.165) is 11.8 Å². The molecule has 0 aliphatic rings. The SMILES string of the molecule is CSC(CC(=O)O)C(=O)NCCC(=O)NCCOCCOCCOCCOCCOCCOCCOCCOCCOCCOCCOCCOCCC(=O)C(C)C. The van der Waals surface area contributed by atoms with Crippen LogP contribution in [0.25, 0.3) is 0 Å². The number of aliphatic carboxylic acids is 1. The first-order valence-corrected chi connectivity index (χ1v) is 21.3. The van der Waals surface area contributed by atoms with Crippen molar-refractivity contribution < 1.29 is 81.1 Å². The Balaban J connectivity index is 3.20. The van der Waals surface area contributed by atoms with Gasteiger partial charge in [0.2, 0.25) is 11.8 Å². The average Bonchev–Trinajstić information content (AvgIpc) is 3.20. The molecular weight excluding hydrogens is 788 g/mol. The molecule has 0 saturated carbocycles. The minimum atomic E-state index is -1.05. The van der Waals surface area contributed by atoms with E-state index in [-0.39, 0.29) is 37.0 Å². The normalized spacial score (nSPS) is 11.9. The van der Waals surface area contributed by atoms with E-state index in [1.807, 2.05) is 13.8 Å². The van der Waals surface area contributed by atoms with Gasteiger partial charge in [-0.3, -0.25) is 19.2 Å². The molecule has 0 heterocycles. The summed E-state index contributed by atoms with van der Waals surface area (Å²) in [6.45, 7) is 15.1. The Morgan fingerprint density at radius 1 is 0.448 bits per heavy atom. The third-order valence-electron chi connectivity index (χ3n) is 7.39. The van der Waals surface area contributed by atoms with Gasteiger partial charge in [0.25, 0.3) is 0 Å². The van der Waals surface area contributed by atoms with E-state index in [9.17, 15) is 19.2 Å². The van der Waals surface area contributed by atoms with Gasteiger partial charge >= 0.3 is 5.97 Å². The lowest BCUT2D eigenvalue weighted by Crippen LogP contribution is -2.37. The van der Waals surface area contributed by atoms with Crippen molar-refractivity contribution in [3.63, 3.8) is 0 Å². The molecule has 0 fully saturated rings. The highest BCUT2D eigenvalue weighted by Gasteiger charge is 2.20. The predicted octanol–water partition coefficient (Wildman–Crippen LogP) is 0.630. The fraction of sp³-hybridized carbons (Fsp3) is 0.895. The molecule has 0 rings (SSSR count). The molecule has 0 aromatic rings. The van der Waals surface area contributed by atoms with Gasteiger partial charge in [-0.05, 0) is 6.26 Å². The molecule has 58 heavy (non-hydrogen) atoms. The van der Waals surface area contributed by atoms with E-state index in [0.29, 0.717) is 172 Å². The summed E-state index contributed by atoms with van der Waals surface area (Å²) >= 11 is 1.15. The summed E-state index contributed by atoms with van der Waals surface area (Å²) in [6.07, 6.45) is 1.93. The lowest BCUT2D eigenvalue weighted by Gasteiger charge is -2.12. The monoisotopic (exact) mass is 860 g/mol. The van der Waals surface area contributed by atoms with Crippen LogP contribution in [0.1, 0.15) is 33.1 Å². The molecule has 0 aromatic heterocycles. The maximum Gasteiger partial charge on any atom is 0.305 e. The van der Waals surface area contributed by atoms with Gasteiger partial charge in [0.15, 0.2) is 0 Å². The van der Waals surface area contributed by atoms with Gasteiger partial charge in [-0.15, -0.1) is 0 Å². The Morgan fingerprint density at radius 3 is 1.05 bits per heavy atom. The van der Waals surface area contributed by atoms with Crippen LogP contribution in [-0.2, 0) is 76.0 Å². The van der Waals surface area contributed by atoms with Crippen molar-refractivity contribution >= 4 is 35.3 Å². The van der Waals surface area contributed by atoms with Crippen LogP contribution in [-0.4, -0.2) is 212 Å². The molecule has 0 bridgehead atoms. The Labute approximate surface area is 348 Å². The summed E-state index contributed by atoms with van der Waals surface area (Å²) in [7, 11) is 0. The zero-order chi connectivity index (χ0) is 42.6. The van der Waals surface area contributed by atoms with E-state index < -0.39 is 17.1 Å². The molecule has 342 valence electrons. The molecular formula is C38H72N2O17S. The number of Topliss-reactive ketones (excluding diaryl/α,β-unsaturated/α-hetero) is 1. The van der Waals surface area contributed by atoms with Crippen molar-refractivity contribution in [1.82, 2.24) is 10.6 Å². The molecule has 2 amide bonds. The van der Waals surface area contributed by atoms with Crippen molar-refractivity contribution in [3.8, 4) is 0 Å². The maximum absolute atomic E-state index is 11.9. The number of ketones is 1. The van der Waals surface area contributed by atoms with Crippen LogP contribution in [0, 0.1) is 5.92 Å². The number of nitrogens with one attached hydrogen (secondary N) is 2. The Bertz CT molecular complexity index is 970. The summed E-state index contributed by atoms with van der Waals surface area (Å²) in [5, 5.41) is 13.4. The number of amides is 2. The van der Waals surface area contributed by atoms with Crippen molar-refractivity contribution in [3.05, 3.63) is 0 Å². The number of carbonyl (C=O) groups is 4. The molecule has 0 radical (unpaired) electrons. The Hall–Kier alpha value is -2.05. The van der Waals surface area contributed by atoms with Gasteiger partial charge < -0.3 is 72.6 Å². The molecule has 0 saturated heterocycles. The van der Waals surface area contributed by atoms with Crippen molar-refractivity contribution in [2.45, 2.75) is 38.4 Å². The molecule has 1 unspecified atom stereocenters. The van der Waals surface area contributed by atoms with E-state index in [4.69, 9.17) is 61.9 Å². The third-order valence-corrected chi connectivity index (χ3v) is 8.34. The highest BCUT2D eigenvalue weighted by atomic mass is 32.2. The van der Waals surface area contributed by atoms with Crippen LogP contribution in [0.5, 0.6) is 0 Å². The second kappa shape index (κ2) is 44.5. The minimum absolute atomic E-state index is 0.0491. The number of rotatable bonds is 47. The first kappa shape index (κ1) is 55.9. The molecule has 0 aliphatic carbocycles. The molecule has 0 aliphatic heterocycles. The van der Waals surface area contributed by atoms with Gasteiger partial charge in [0.1, 0.15) is 5.78 Å². The van der Waals surface area contributed by atoms with Gasteiger partial charge in [-0.1, -0.05) is 13.8 Å². The van der Waals surface area contributed by atoms with Crippen molar-refractivity contribution in [1.29, 1.82) is 0 Å². The Morgan fingerprint density at radius 2 is 0.759 bits per heavy atom. The third kappa shape index (κ3) is 42.1. The van der Waals surface area contributed by atoms with Crippen LogP contribution in [0.3, 0.4) is 0 Å². The number of carbonyl (C=O) groups excluding carboxylic acids is 3. The molecule has 20 heteroatoms. The van der Waals surface area contributed by atoms with Crippen LogP contribution in [0.15, 0.2) is 0 Å². The fourth-order valence-corrected chi connectivity index (χ4v) is 4.79. The summed E-state index contributed by atoms with van der Waals surface area (Å²) in [5.41, 5.74) is 0. The predicted molar refractivity (Wildman–Crippen MR) is 214 cm³/mol. The largest absolute Gasteiger partial charge is 0.481 e. The second-order valence-corrected chi connectivity index (χ2v) is 13.5. The molecule has 1 atom stereocenters. The number of ether oxygens (including phenoxy) is 12. The Kier molecular flexibility index (Phi) is 42.9. The van der Waals surface area contributed by atoms with Gasteiger partial charge in [0.05, 0.1) is 170 Å². The second-order valence-electron chi connectivity index (χ2n) is 12.4. The summed E-state index contributed by atoms with van der Waals surface area (Å²) in [5.74, 6) is -1.42. The van der Waals surface area contributed by atoms with Gasteiger partial charge in [0, 0.05) is 31.8 Å². The topological polar surface area (TPSA) is 223 Å². The first-order valence-electron chi connectivity index (χ1n) is 20.0. The highest BCUT2D eigenvalue weighted by Crippen LogP contribution is 2.11. The van der Waals surface area contributed by atoms with E-state index in [1.54, 1.807) is 6.26 Å². The molecule has 0 spiro atoms. The zero-order valence-electron chi connectivity index (χ0n) is 35.0. The van der Waals surface area contributed by atoms with E-state index in [2.05, 4.69) is 10.6 Å². The van der Waals surface area contributed by atoms with Crippen LogP contribution in [0.4, 0.5) is 0 Å². The van der Waals surface area contributed by atoms with Crippen LogP contribution >= 0.6 is 11.8 Å². The molecule has 19 nitrogen and oxygen atoms in total. The lowest BCUT2D eigenvalue weighted by molar-refractivity contribution is -0.138. The summed E-state index contributed by atoms with van der Waals surface area (Å²) in [4.78, 5) is 46.0. The lowest BCUT2D eigenvalue weighted by atomic mass is 10.1. The smallest absolute Gasteiger partial charge is 0.305 e. The van der Waals surface area contributed by atoms with Crippen molar-refractivity contribution in [2.75, 3.05) is 178 Å². The van der Waals surface area contributed by atoms with Crippen LogP contribution in [0.2, 0.25) is 0 Å². The van der Waals surface area contributed by atoms with Gasteiger partial charge in [-0.25, -0.2) is 0 Å². The quantitative estimate of drug-likeness (QED) is 0.0714. The minimum Gasteiger partial charge on any atom is -0.481 e. The van der Waals surface area contributed by atoms with Crippen LogP contribution < -0.4 is 10.6 Å². The average molecular weight is 861 g/mol. The number of hydrogen-bond donors (Lipinski definition) is 3. The highest BCUT2D eigenvalue weighted by molar-refractivity contribution is 7.99. The first-order chi connectivity index (χ1) is 28.3. The number of thioether (sulfide) groups is 1. The fourth-order valence-electron chi connectivity index (χ4n) is 4.19. The standard InChI is InChI=1S/C38H72N2O17S/c1-33(2)34(41)5-8-46-10-12-48-14-16-50-18-20-52-22-24-54-26-28-56-30-31-57-29-27-55-25-23-53-21-19-51-17-15-49-13-11-47-9-7-39-36(42)4-6-40-38(45)35(58-3)32-37(43)44/h33,35H,4-32H2,1-3H3,(H,39,42)(H,40,45)(H,43,44).